The number of benzene rings is 1. The molecule has 3 rings (SSSR count). The van der Waals surface area contributed by atoms with E-state index in [2.05, 4.69) is 31.2 Å². The first-order chi connectivity index (χ1) is 15.4. The van der Waals surface area contributed by atoms with E-state index >= 15 is 0 Å². The summed E-state index contributed by atoms with van der Waals surface area (Å²) in [5.41, 5.74) is 1.41. The van der Waals surface area contributed by atoms with Crippen molar-refractivity contribution < 1.29 is 23.8 Å². The number of methoxy groups -OCH3 is 2. The number of hydrogen-bond donors (Lipinski definition) is 1. The van der Waals surface area contributed by atoms with Crippen molar-refractivity contribution in [2.24, 2.45) is 5.41 Å². The van der Waals surface area contributed by atoms with Crippen LogP contribution in [0.15, 0.2) is 41.8 Å². The maximum atomic E-state index is 13.0. The third-order valence-electron chi connectivity index (χ3n) is 5.35. The minimum Gasteiger partial charge on any atom is -0.468 e. The van der Waals surface area contributed by atoms with Gasteiger partial charge in [-0.3, -0.25) is 4.79 Å². The molecule has 1 unspecified atom stereocenters. The molecule has 0 spiro atoms. The van der Waals surface area contributed by atoms with E-state index in [9.17, 15) is 9.59 Å². The number of carbonyl (C=O) groups is 2. The molecule has 1 aliphatic rings. The summed E-state index contributed by atoms with van der Waals surface area (Å²) < 4.78 is 18.1. The van der Waals surface area contributed by atoms with E-state index < -0.39 is 23.4 Å². The monoisotopic (exact) mass is 455 g/mol. The standard InChI is InChI=1S/C25H33N3O5/c1-15-17-18(22(29)31-7)19(23(30)32-8)20(26-25(5,6)14-24(2,3)4)33-21(17)28(27-15)16-12-10-9-11-13-16/h9-13,18,26H,14H2,1-8H3. The molecule has 2 heterocycles. The quantitative estimate of drug-likeness (QED) is 0.658. The summed E-state index contributed by atoms with van der Waals surface area (Å²) in [7, 11) is 2.57. The summed E-state index contributed by atoms with van der Waals surface area (Å²) in [6, 6.07) is 9.46. The first-order valence-corrected chi connectivity index (χ1v) is 10.9. The van der Waals surface area contributed by atoms with Crippen LogP contribution in [0.3, 0.4) is 0 Å². The van der Waals surface area contributed by atoms with Gasteiger partial charge in [-0.2, -0.15) is 5.10 Å². The second kappa shape index (κ2) is 8.92. The fourth-order valence-corrected chi connectivity index (χ4v) is 4.56. The van der Waals surface area contributed by atoms with E-state index in [1.807, 2.05) is 44.2 Å². The van der Waals surface area contributed by atoms with Gasteiger partial charge in [0.25, 0.3) is 0 Å². The lowest BCUT2D eigenvalue weighted by Gasteiger charge is -2.36. The highest BCUT2D eigenvalue weighted by molar-refractivity contribution is 6.00. The van der Waals surface area contributed by atoms with Crippen LogP contribution < -0.4 is 10.1 Å². The minimum atomic E-state index is -1.04. The molecule has 8 heteroatoms. The number of para-hydroxylation sites is 1. The number of carbonyl (C=O) groups excluding carboxylic acids is 2. The summed E-state index contributed by atoms with van der Waals surface area (Å²) in [6.45, 7) is 12.2. The van der Waals surface area contributed by atoms with Crippen molar-refractivity contribution in [1.29, 1.82) is 0 Å². The molecular weight excluding hydrogens is 422 g/mol. The van der Waals surface area contributed by atoms with E-state index in [1.54, 1.807) is 11.6 Å². The van der Waals surface area contributed by atoms with Gasteiger partial charge < -0.3 is 19.5 Å². The van der Waals surface area contributed by atoms with E-state index in [1.165, 1.54) is 14.2 Å². The van der Waals surface area contributed by atoms with Crippen LogP contribution in [0.1, 0.15) is 58.2 Å². The number of aromatic nitrogens is 2. The molecular formula is C25H33N3O5. The van der Waals surface area contributed by atoms with Crippen molar-refractivity contribution in [3.8, 4) is 11.6 Å². The molecule has 2 aromatic rings. The van der Waals surface area contributed by atoms with Crippen molar-refractivity contribution in [2.45, 2.75) is 59.4 Å². The smallest absolute Gasteiger partial charge is 0.340 e. The highest BCUT2D eigenvalue weighted by Crippen LogP contribution is 2.43. The Morgan fingerprint density at radius 3 is 2.27 bits per heavy atom. The Balaban J connectivity index is 2.22. The summed E-state index contributed by atoms with van der Waals surface area (Å²) in [6.07, 6.45) is 0.772. The summed E-state index contributed by atoms with van der Waals surface area (Å²) in [5, 5.41) is 7.98. The van der Waals surface area contributed by atoms with Crippen LogP contribution in [0.5, 0.6) is 5.88 Å². The lowest BCUT2D eigenvalue weighted by molar-refractivity contribution is -0.145. The van der Waals surface area contributed by atoms with Gasteiger partial charge in [0.1, 0.15) is 11.5 Å². The topological polar surface area (TPSA) is 91.7 Å². The fraction of sp³-hybridized carbons (Fsp3) is 0.480. The van der Waals surface area contributed by atoms with Crippen molar-refractivity contribution in [3.63, 3.8) is 0 Å². The molecule has 33 heavy (non-hydrogen) atoms. The van der Waals surface area contributed by atoms with Gasteiger partial charge in [0.2, 0.25) is 11.8 Å². The Bertz CT molecular complexity index is 1080. The third kappa shape index (κ3) is 5.05. The lowest BCUT2D eigenvalue weighted by Crippen LogP contribution is -2.45. The number of esters is 2. The largest absolute Gasteiger partial charge is 0.468 e. The molecule has 1 aromatic carbocycles. The van der Waals surface area contributed by atoms with Gasteiger partial charge in [0.05, 0.1) is 31.2 Å². The van der Waals surface area contributed by atoms with Gasteiger partial charge in [0.15, 0.2) is 0 Å². The van der Waals surface area contributed by atoms with Gasteiger partial charge >= 0.3 is 11.9 Å². The minimum absolute atomic E-state index is 0.00641. The number of hydrogen-bond acceptors (Lipinski definition) is 7. The third-order valence-corrected chi connectivity index (χ3v) is 5.35. The van der Waals surface area contributed by atoms with Crippen molar-refractivity contribution in [1.82, 2.24) is 15.1 Å². The lowest BCUT2D eigenvalue weighted by atomic mass is 9.81. The Morgan fingerprint density at radius 1 is 1.09 bits per heavy atom. The summed E-state index contributed by atoms with van der Waals surface area (Å²) in [5.74, 6) is -1.79. The molecule has 178 valence electrons. The molecule has 1 aromatic heterocycles. The second-order valence-corrected chi connectivity index (χ2v) is 10.1. The first-order valence-electron chi connectivity index (χ1n) is 10.9. The van der Waals surface area contributed by atoms with Crippen LogP contribution >= 0.6 is 0 Å². The van der Waals surface area contributed by atoms with Gasteiger partial charge in [0, 0.05) is 5.54 Å². The maximum absolute atomic E-state index is 13.0. The Labute approximate surface area is 194 Å². The molecule has 0 saturated heterocycles. The molecule has 0 bridgehead atoms. The molecule has 0 amide bonds. The van der Waals surface area contributed by atoms with Crippen LogP contribution in [0.4, 0.5) is 0 Å². The van der Waals surface area contributed by atoms with E-state index in [4.69, 9.17) is 14.2 Å². The number of nitrogens with one attached hydrogen (secondary N) is 1. The zero-order chi connectivity index (χ0) is 24.6. The Morgan fingerprint density at radius 2 is 1.73 bits per heavy atom. The number of nitrogens with zero attached hydrogens (tertiary/aromatic N) is 2. The van der Waals surface area contributed by atoms with E-state index in [0.29, 0.717) is 17.1 Å². The molecule has 0 fully saturated rings. The number of fused-ring (bicyclic) bond motifs is 1. The van der Waals surface area contributed by atoms with Gasteiger partial charge in [-0.1, -0.05) is 39.0 Å². The highest BCUT2D eigenvalue weighted by atomic mass is 16.5. The first kappa shape index (κ1) is 24.4. The summed E-state index contributed by atoms with van der Waals surface area (Å²) >= 11 is 0. The molecule has 0 saturated carbocycles. The highest BCUT2D eigenvalue weighted by Gasteiger charge is 2.45. The number of ether oxygens (including phenoxy) is 3. The zero-order valence-corrected chi connectivity index (χ0v) is 20.6. The Kier molecular flexibility index (Phi) is 6.58. The SMILES string of the molecule is COC(=O)C1=C(NC(C)(C)CC(C)(C)C)Oc2c(c(C)nn2-c2ccccc2)C1C(=O)OC. The van der Waals surface area contributed by atoms with Crippen molar-refractivity contribution >= 4 is 11.9 Å². The summed E-state index contributed by atoms with van der Waals surface area (Å²) in [4.78, 5) is 26.0. The molecule has 0 aliphatic carbocycles. The van der Waals surface area contributed by atoms with Gasteiger partial charge in [-0.25, -0.2) is 9.48 Å². The van der Waals surface area contributed by atoms with E-state index in [-0.39, 0.29) is 16.9 Å². The normalized spacial score (nSPS) is 16.1. The van der Waals surface area contributed by atoms with Crippen molar-refractivity contribution in [2.75, 3.05) is 14.2 Å². The van der Waals surface area contributed by atoms with Gasteiger partial charge in [-0.15, -0.1) is 0 Å². The predicted molar refractivity (Wildman–Crippen MR) is 124 cm³/mol. The van der Waals surface area contributed by atoms with Crippen LogP contribution in [-0.2, 0) is 19.1 Å². The average Bonchev–Trinajstić information content (AvgIpc) is 3.06. The maximum Gasteiger partial charge on any atom is 0.340 e. The number of aryl methyl sites for hydroxylation is 1. The molecule has 1 aliphatic heterocycles. The second-order valence-electron chi connectivity index (χ2n) is 10.1. The van der Waals surface area contributed by atoms with Crippen LogP contribution in [-0.4, -0.2) is 41.5 Å². The molecule has 0 radical (unpaired) electrons. The number of rotatable bonds is 6. The predicted octanol–water partition coefficient (Wildman–Crippen LogP) is 4.02. The van der Waals surface area contributed by atoms with Crippen LogP contribution in [0, 0.1) is 12.3 Å². The fourth-order valence-electron chi connectivity index (χ4n) is 4.56. The molecule has 1 N–H and O–H groups in total. The average molecular weight is 456 g/mol. The van der Waals surface area contributed by atoms with Crippen molar-refractivity contribution in [3.05, 3.63) is 53.0 Å². The molecule has 1 atom stereocenters. The van der Waals surface area contributed by atoms with Crippen LogP contribution in [0.25, 0.3) is 5.69 Å². The van der Waals surface area contributed by atoms with Gasteiger partial charge in [-0.05, 0) is 44.7 Å². The molecule has 8 nitrogen and oxygen atoms in total. The zero-order valence-electron chi connectivity index (χ0n) is 20.6. The van der Waals surface area contributed by atoms with Crippen LogP contribution in [0.2, 0.25) is 0 Å². The van der Waals surface area contributed by atoms with E-state index in [0.717, 1.165) is 12.1 Å². The Hall–Kier alpha value is -3.29.